The Balaban J connectivity index is 1.81. The van der Waals surface area contributed by atoms with E-state index in [1.165, 1.54) is 12.4 Å². The van der Waals surface area contributed by atoms with Gasteiger partial charge in [-0.05, 0) is 18.2 Å². The first-order valence-electron chi connectivity index (χ1n) is 6.66. The van der Waals surface area contributed by atoms with Gasteiger partial charge in [0.05, 0.1) is 18.9 Å². The number of hydrogen-bond donors (Lipinski definition) is 0. The normalized spacial score (nSPS) is 11.7. The van der Waals surface area contributed by atoms with E-state index in [1.54, 1.807) is 19.2 Å². The Morgan fingerprint density at radius 3 is 2.70 bits per heavy atom. The molecule has 0 bridgehead atoms. The number of aromatic nitrogens is 3. The number of hydrogen-bond acceptors (Lipinski definition) is 4. The Hall–Kier alpha value is -2.77. The molecule has 0 aliphatic carbocycles. The number of alkyl halides is 3. The van der Waals surface area contributed by atoms with Gasteiger partial charge in [0, 0.05) is 6.20 Å². The highest BCUT2D eigenvalue weighted by atomic mass is 19.4. The second-order valence-electron chi connectivity index (χ2n) is 4.71. The highest BCUT2D eigenvalue weighted by Gasteiger charge is 2.33. The minimum absolute atomic E-state index is 0.00519. The minimum Gasteiger partial charge on any atom is -0.496 e. The van der Waals surface area contributed by atoms with Crippen LogP contribution in [-0.2, 0) is 12.7 Å². The first-order valence-corrected chi connectivity index (χ1v) is 6.66. The second kappa shape index (κ2) is 5.79. The Morgan fingerprint density at radius 2 is 2.00 bits per heavy atom. The Morgan fingerprint density at radius 1 is 1.22 bits per heavy atom. The van der Waals surface area contributed by atoms with Gasteiger partial charge >= 0.3 is 6.18 Å². The van der Waals surface area contributed by atoms with Crippen molar-refractivity contribution in [2.24, 2.45) is 0 Å². The molecule has 0 saturated carbocycles. The van der Waals surface area contributed by atoms with Crippen molar-refractivity contribution in [3.63, 3.8) is 0 Å². The van der Waals surface area contributed by atoms with E-state index < -0.39 is 11.9 Å². The lowest BCUT2D eigenvalue weighted by Crippen LogP contribution is -2.08. The predicted molar refractivity (Wildman–Crippen MR) is 74.8 cm³/mol. The molecule has 3 rings (SSSR count). The minimum atomic E-state index is -4.47. The zero-order valence-corrected chi connectivity index (χ0v) is 12.0. The van der Waals surface area contributed by atoms with Gasteiger partial charge in [-0.1, -0.05) is 12.1 Å². The molecule has 0 N–H and O–H groups in total. The average molecular weight is 323 g/mol. The summed E-state index contributed by atoms with van der Waals surface area (Å²) in [6.45, 7) is 0.00519. The van der Waals surface area contributed by atoms with Crippen LogP contribution in [0.5, 0.6) is 5.75 Å². The first-order chi connectivity index (χ1) is 11.0. The molecule has 1 aromatic carbocycles. The molecule has 0 fully saturated rings. The van der Waals surface area contributed by atoms with Gasteiger partial charge in [0.15, 0.2) is 11.5 Å². The molecule has 8 heteroatoms. The molecule has 0 aliphatic heterocycles. The maximum Gasteiger partial charge on any atom is 0.435 e. The number of halogens is 3. The molecule has 0 spiro atoms. The van der Waals surface area contributed by atoms with Gasteiger partial charge < -0.3 is 9.15 Å². The molecule has 0 saturated heterocycles. The SMILES string of the molecule is COc1ccccc1-c1cnc(Cn2ccc(C(F)(F)F)n2)o1. The molecule has 0 radical (unpaired) electrons. The lowest BCUT2D eigenvalue weighted by Gasteiger charge is -2.04. The molecule has 3 aromatic rings. The van der Waals surface area contributed by atoms with E-state index in [2.05, 4.69) is 10.1 Å². The Bertz CT molecular complexity index is 808. The maximum absolute atomic E-state index is 12.5. The van der Waals surface area contributed by atoms with E-state index in [4.69, 9.17) is 9.15 Å². The van der Waals surface area contributed by atoms with Gasteiger partial charge in [-0.15, -0.1) is 0 Å². The summed E-state index contributed by atoms with van der Waals surface area (Å²) >= 11 is 0. The van der Waals surface area contributed by atoms with Crippen LogP contribution in [0.2, 0.25) is 0 Å². The van der Waals surface area contributed by atoms with Crippen LogP contribution in [0.3, 0.4) is 0 Å². The second-order valence-corrected chi connectivity index (χ2v) is 4.71. The standard InChI is InChI=1S/C15H12F3N3O2/c1-22-11-5-3-2-4-10(11)12-8-19-14(23-12)9-21-7-6-13(20-21)15(16,17)18/h2-8H,9H2,1H3. The molecular weight excluding hydrogens is 311 g/mol. The van der Waals surface area contributed by atoms with Crippen molar-refractivity contribution in [2.45, 2.75) is 12.7 Å². The summed E-state index contributed by atoms with van der Waals surface area (Å²) < 4.78 is 49.5. The number of benzene rings is 1. The molecule has 0 aliphatic rings. The number of ether oxygens (including phenoxy) is 1. The van der Waals surface area contributed by atoms with Gasteiger partial charge in [-0.25, -0.2) is 4.98 Å². The van der Waals surface area contributed by atoms with Crippen molar-refractivity contribution in [1.29, 1.82) is 0 Å². The van der Waals surface area contributed by atoms with Gasteiger partial charge in [-0.3, -0.25) is 4.68 Å². The summed E-state index contributed by atoms with van der Waals surface area (Å²) in [7, 11) is 1.54. The van der Waals surface area contributed by atoms with E-state index in [9.17, 15) is 13.2 Å². The van der Waals surface area contributed by atoms with Crippen molar-refractivity contribution in [1.82, 2.24) is 14.8 Å². The van der Waals surface area contributed by atoms with Crippen LogP contribution in [0.25, 0.3) is 11.3 Å². The summed E-state index contributed by atoms with van der Waals surface area (Å²) in [5.41, 5.74) is -0.237. The van der Waals surface area contributed by atoms with Crippen LogP contribution >= 0.6 is 0 Å². The van der Waals surface area contributed by atoms with Crippen molar-refractivity contribution >= 4 is 0 Å². The fourth-order valence-electron chi connectivity index (χ4n) is 2.10. The zero-order chi connectivity index (χ0) is 16.4. The molecule has 2 aromatic heterocycles. The van der Waals surface area contributed by atoms with E-state index in [1.807, 2.05) is 12.1 Å². The Kier molecular flexibility index (Phi) is 3.81. The van der Waals surface area contributed by atoms with Gasteiger partial charge in [-0.2, -0.15) is 18.3 Å². The number of para-hydroxylation sites is 1. The fourth-order valence-corrected chi connectivity index (χ4v) is 2.10. The summed E-state index contributed by atoms with van der Waals surface area (Å²) in [6.07, 6.45) is -1.73. The maximum atomic E-state index is 12.5. The monoisotopic (exact) mass is 323 g/mol. The van der Waals surface area contributed by atoms with Crippen LogP contribution in [-0.4, -0.2) is 21.9 Å². The van der Waals surface area contributed by atoms with Gasteiger partial charge in [0.25, 0.3) is 0 Å². The number of methoxy groups -OCH3 is 1. The average Bonchev–Trinajstić information content (AvgIpc) is 3.16. The van der Waals surface area contributed by atoms with E-state index in [0.717, 1.165) is 10.7 Å². The summed E-state index contributed by atoms with van der Waals surface area (Å²) in [4.78, 5) is 4.07. The lowest BCUT2D eigenvalue weighted by atomic mass is 10.1. The Labute approximate surface area is 129 Å². The molecule has 23 heavy (non-hydrogen) atoms. The summed E-state index contributed by atoms with van der Waals surface area (Å²) in [5.74, 6) is 1.34. The predicted octanol–water partition coefficient (Wildman–Crippen LogP) is 3.61. The molecular formula is C15H12F3N3O2. The third-order valence-corrected chi connectivity index (χ3v) is 3.15. The van der Waals surface area contributed by atoms with Crippen LogP contribution in [0.1, 0.15) is 11.6 Å². The topological polar surface area (TPSA) is 53.1 Å². The van der Waals surface area contributed by atoms with Crippen LogP contribution < -0.4 is 4.74 Å². The molecule has 120 valence electrons. The molecule has 5 nitrogen and oxygen atoms in total. The summed E-state index contributed by atoms with van der Waals surface area (Å²) in [5, 5.41) is 3.46. The number of rotatable bonds is 4. The molecule has 0 unspecified atom stereocenters. The quantitative estimate of drug-likeness (QED) is 0.736. The highest BCUT2D eigenvalue weighted by molar-refractivity contribution is 5.64. The largest absolute Gasteiger partial charge is 0.496 e. The number of nitrogens with zero attached hydrogens (tertiary/aromatic N) is 3. The van der Waals surface area contributed by atoms with Crippen molar-refractivity contribution < 1.29 is 22.3 Å². The summed E-state index contributed by atoms with van der Waals surface area (Å²) in [6, 6.07) is 8.13. The van der Waals surface area contributed by atoms with Crippen LogP contribution in [0.15, 0.2) is 47.1 Å². The smallest absolute Gasteiger partial charge is 0.435 e. The van der Waals surface area contributed by atoms with E-state index >= 15 is 0 Å². The van der Waals surface area contributed by atoms with Gasteiger partial charge in [0.2, 0.25) is 5.89 Å². The van der Waals surface area contributed by atoms with Crippen LogP contribution in [0.4, 0.5) is 13.2 Å². The van der Waals surface area contributed by atoms with Gasteiger partial charge in [0.1, 0.15) is 12.3 Å². The third-order valence-electron chi connectivity index (χ3n) is 3.15. The van der Waals surface area contributed by atoms with Crippen molar-refractivity contribution in [2.75, 3.05) is 7.11 Å². The van der Waals surface area contributed by atoms with E-state index in [-0.39, 0.29) is 12.4 Å². The first kappa shape index (κ1) is 15.1. The molecule has 0 atom stereocenters. The van der Waals surface area contributed by atoms with Crippen LogP contribution in [0, 0.1) is 0 Å². The molecule has 0 amide bonds. The van der Waals surface area contributed by atoms with Crippen molar-refractivity contribution in [3.05, 3.63) is 54.3 Å². The zero-order valence-electron chi connectivity index (χ0n) is 12.0. The third kappa shape index (κ3) is 3.20. The fraction of sp³-hybridized carbons (Fsp3) is 0.200. The van der Waals surface area contributed by atoms with Crippen molar-refractivity contribution in [3.8, 4) is 17.1 Å². The lowest BCUT2D eigenvalue weighted by molar-refractivity contribution is -0.141. The number of oxazole rings is 1. The molecule has 2 heterocycles. The highest BCUT2D eigenvalue weighted by Crippen LogP contribution is 2.30. The van der Waals surface area contributed by atoms with E-state index in [0.29, 0.717) is 17.1 Å².